The number of hydrogen-bond donors (Lipinski definition) is 1. The van der Waals surface area contributed by atoms with E-state index in [0.717, 1.165) is 15.5 Å². The van der Waals surface area contributed by atoms with Crippen LogP contribution in [-0.4, -0.2) is 23.7 Å². The number of carbonyl (C=O) groups is 1. The number of methoxy groups -OCH3 is 1. The van der Waals surface area contributed by atoms with Crippen LogP contribution in [0.25, 0.3) is 0 Å². The third-order valence-corrected chi connectivity index (χ3v) is 6.96. The molecule has 0 spiro atoms. The number of aliphatic carboxylic acids is 1. The van der Waals surface area contributed by atoms with E-state index in [-0.39, 0.29) is 0 Å². The van der Waals surface area contributed by atoms with Gasteiger partial charge in [0.2, 0.25) is 0 Å². The van der Waals surface area contributed by atoms with Crippen LogP contribution in [0.15, 0.2) is 80.5 Å². The quantitative estimate of drug-likeness (QED) is 0.931. The van der Waals surface area contributed by atoms with Crippen molar-refractivity contribution >= 4 is 21.5 Å². The van der Waals surface area contributed by atoms with Gasteiger partial charge in [0.25, 0.3) is 0 Å². The molecule has 2 aromatic rings. The summed E-state index contributed by atoms with van der Waals surface area (Å²) >= 11 is 0. The first-order chi connectivity index (χ1) is 10.7. The Hall–Kier alpha value is -2.53. The van der Waals surface area contributed by atoms with Crippen LogP contribution in [0.3, 0.4) is 0 Å². The number of carboxylic acid groups (broad SMARTS) is 1. The molecular formula is C17H15NO3S. The molecule has 22 heavy (non-hydrogen) atoms. The van der Waals surface area contributed by atoms with Crippen LogP contribution < -0.4 is 4.74 Å². The summed E-state index contributed by atoms with van der Waals surface area (Å²) in [5.74, 6) is -0.200. The SMILES string of the molecule is COc1ccc(S2(c3ccccc3)C=NC=C2C(=O)O)cc1. The van der Waals surface area contributed by atoms with E-state index in [2.05, 4.69) is 4.99 Å². The lowest BCUT2D eigenvalue weighted by molar-refractivity contribution is -0.131. The largest absolute Gasteiger partial charge is 0.497 e. The van der Waals surface area contributed by atoms with E-state index < -0.39 is 16.0 Å². The Kier molecular flexibility index (Phi) is 3.73. The topological polar surface area (TPSA) is 58.9 Å². The average molecular weight is 313 g/mol. The van der Waals surface area contributed by atoms with E-state index >= 15 is 0 Å². The van der Waals surface area contributed by atoms with E-state index in [9.17, 15) is 9.90 Å². The van der Waals surface area contributed by atoms with E-state index in [1.807, 2.05) is 54.6 Å². The third kappa shape index (κ3) is 2.19. The molecule has 0 bridgehead atoms. The summed E-state index contributed by atoms with van der Waals surface area (Å²) in [7, 11) is -0.364. The van der Waals surface area contributed by atoms with Crippen molar-refractivity contribution in [1.82, 2.24) is 0 Å². The number of rotatable bonds is 4. The van der Waals surface area contributed by atoms with Gasteiger partial charge in [-0.25, -0.2) is 4.79 Å². The molecule has 0 aliphatic carbocycles. The molecule has 0 amide bonds. The van der Waals surface area contributed by atoms with Crippen LogP contribution in [-0.2, 0) is 4.79 Å². The highest BCUT2D eigenvalue weighted by atomic mass is 32.3. The second-order valence-electron chi connectivity index (χ2n) is 4.70. The van der Waals surface area contributed by atoms with E-state index in [1.54, 1.807) is 12.7 Å². The minimum Gasteiger partial charge on any atom is -0.497 e. The highest BCUT2D eigenvalue weighted by Crippen LogP contribution is 2.68. The van der Waals surface area contributed by atoms with Gasteiger partial charge in [-0.2, -0.15) is 0 Å². The molecule has 5 heteroatoms. The molecular weight excluding hydrogens is 298 g/mol. The zero-order chi connectivity index (χ0) is 15.6. The van der Waals surface area contributed by atoms with Gasteiger partial charge in [-0.05, 0) is 36.4 Å². The maximum Gasteiger partial charge on any atom is 0.343 e. The smallest absolute Gasteiger partial charge is 0.343 e. The molecule has 0 saturated carbocycles. The Morgan fingerprint density at radius 1 is 1.05 bits per heavy atom. The normalized spacial score (nSPS) is 22.7. The van der Waals surface area contributed by atoms with Gasteiger partial charge in [0.15, 0.2) is 0 Å². The van der Waals surface area contributed by atoms with Crippen molar-refractivity contribution in [3.8, 4) is 5.75 Å². The molecule has 0 radical (unpaired) electrons. The molecule has 3 rings (SSSR count). The first-order valence-electron chi connectivity index (χ1n) is 6.68. The number of benzene rings is 2. The summed E-state index contributed by atoms with van der Waals surface area (Å²) in [6, 6.07) is 17.2. The molecule has 0 aromatic heterocycles. The lowest BCUT2D eigenvalue weighted by Crippen LogP contribution is -2.11. The Balaban J connectivity index is 2.22. The van der Waals surface area contributed by atoms with E-state index in [4.69, 9.17) is 4.74 Å². The molecule has 1 unspecified atom stereocenters. The average Bonchev–Trinajstić information content (AvgIpc) is 3.02. The Bertz CT molecular complexity index is 753. The summed E-state index contributed by atoms with van der Waals surface area (Å²) in [5.41, 5.74) is 1.77. The summed E-state index contributed by atoms with van der Waals surface area (Å²) in [4.78, 5) is 18.1. The number of ether oxygens (including phenoxy) is 1. The van der Waals surface area contributed by atoms with Gasteiger partial charge in [-0.15, -0.1) is 10.0 Å². The molecule has 112 valence electrons. The van der Waals surface area contributed by atoms with Crippen molar-refractivity contribution in [2.45, 2.75) is 9.79 Å². The fraction of sp³-hybridized carbons (Fsp3) is 0.0588. The van der Waals surface area contributed by atoms with E-state index in [0.29, 0.717) is 4.91 Å². The standard InChI is InChI=1S/C17H15NO3S/c1-21-13-7-9-15(10-8-13)22(14-5-3-2-4-6-14)12-18-11-16(22)17(19)20/h2-12H,1H3,(H,19,20). The molecule has 2 aromatic carbocycles. The second kappa shape index (κ2) is 5.69. The fourth-order valence-corrected chi connectivity index (χ4v) is 5.49. The molecule has 0 fully saturated rings. The van der Waals surface area contributed by atoms with Crippen LogP contribution >= 0.6 is 10.0 Å². The first-order valence-corrected chi connectivity index (χ1v) is 8.37. The van der Waals surface area contributed by atoms with Crippen LogP contribution in [0.4, 0.5) is 0 Å². The van der Waals surface area contributed by atoms with Gasteiger partial charge in [-0.3, -0.25) is 4.99 Å². The highest BCUT2D eigenvalue weighted by Gasteiger charge is 2.38. The molecule has 4 nitrogen and oxygen atoms in total. The Morgan fingerprint density at radius 3 is 2.27 bits per heavy atom. The van der Waals surface area contributed by atoms with Crippen molar-refractivity contribution in [3.63, 3.8) is 0 Å². The van der Waals surface area contributed by atoms with Gasteiger partial charge < -0.3 is 9.84 Å². The lowest BCUT2D eigenvalue weighted by atomic mass is 10.3. The maximum atomic E-state index is 11.7. The molecule has 0 saturated heterocycles. The number of carboxylic acids is 1. The summed E-state index contributed by atoms with van der Waals surface area (Å²) < 4.78 is 5.19. The fourth-order valence-electron chi connectivity index (χ4n) is 2.46. The monoisotopic (exact) mass is 313 g/mol. The minimum absolute atomic E-state index is 0.323. The summed E-state index contributed by atoms with van der Waals surface area (Å²) in [6.45, 7) is 0. The van der Waals surface area contributed by atoms with Gasteiger partial charge in [0.1, 0.15) is 10.7 Å². The molecule has 1 atom stereocenters. The molecule has 1 aliphatic rings. The van der Waals surface area contributed by atoms with Crippen molar-refractivity contribution < 1.29 is 14.6 Å². The predicted molar refractivity (Wildman–Crippen MR) is 87.8 cm³/mol. The number of aliphatic imine (C=N–C) groups is 1. The van der Waals surface area contributed by atoms with Crippen LogP contribution in [0.1, 0.15) is 0 Å². The molecule has 1 heterocycles. The molecule has 1 aliphatic heterocycles. The van der Waals surface area contributed by atoms with Crippen LogP contribution in [0.2, 0.25) is 0 Å². The van der Waals surface area contributed by atoms with Crippen molar-refractivity contribution in [1.29, 1.82) is 0 Å². The van der Waals surface area contributed by atoms with Gasteiger partial charge in [0.05, 0.1) is 12.7 Å². The third-order valence-electron chi connectivity index (χ3n) is 3.51. The number of hydrogen-bond acceptors (Lipinski definition) is 3. The van der Waals surface area contributed by atoms with Gasteiger partial charge >= 0.3 is 5.97 Å². The minimum atomic E-state index is -1.97. The Morgan fingerprint density at radius 2 is 1.68 bits per heavy atom. The Labute approximate surface area is 130 Å². The van der Waals surface area contributed by atoms with Gasteiger partial charge in [0, 0.05) is 16.0 Å². The van der Waals surface area contributed by atoms with Gasteiger partial charge in [-0.1, -0.05) is 18.2 Å². The van der Waals surface area contributed by atoms with Crippen LogP contribution in [0, 0.1) is 0 Å². The predicted octanol–water partition coefficient (Wildman–Crippen LogP) is 3.89. The van der Waals surface area contributed by atoms with Crippen molar-refractivity contribution in [2.75, 3.05) is 7.11 Å². The van der Waals surface area contributed by atoms with E-state index in [1.165, 1.54) is 6.20 Å². The van der Waals surface area contributed by atoms with Crippen LogP contribution in [0.5, 0.6) is 5.75 Å². The summed E-state index contributed by atoms with van der Waals surface area (Å²) in [6.07, 6.45) is 1.45. The zero-order valence-corrected chi connectivity index (χ0v) is 12.8. The highest BCUT2D eigenvalue weighted by molar-refractivity contribution is 8.47. The lowest BCUT2D eigenvalue weighted by Gasteiger charge is -2.34. The van der Waals surface area contributed by atoms with Crippen molar-refractivity contribution in [3.05, 3.63) is 65.7 Å². The molecule has 1 N–H and O–H groups in total. The number of nitrogens with zero attached hydrogens (tertiary/aromatic N) is 1. The first kappa shape index (κ1) is 14.4. The zero-order valence-electron chi connectivity index (χ0n) is 12.0. The maximum absolute atomic E-state index is 11.7. The summed E-state index contributed by atoms with van der Waals surface area (Å²) in [5, 5.41) is 9.62. The second-order valence-corrected chi connectivity index (χ2v) is 7.61. The van der Waals surface area contributed by atoms with Crippen molar-refractivity contribution in [2.24, 2.45) is 4.99 Å².